The average Bonchev–Trinajstić information content (AvgIpc) is 1.83. The number of nitrogens with zero attached hydrogens (tertiary/aromatic N) is 1. The van der Waals surface area contributed by atoms with Crippen LogP contribution in [0.1, 0.15) is 11.1 Å². The number of pyridine rings is 1. The lowest BCUT2D eigenvalue weighted by Gasteiger charge is -1.99. The maximum absolute atomic E-state index is 5.50. The van der Waals surface area contributed by atoms with Crippen molar-refractivity contribution in [1.29, 1.82) is 0 Å². The number of hydrogen-bond donors (Lipinski definition) is 1. The monoisotopic (exact) mass is 121 g/mol. The van der Waals surface area contributed by atoms with Gasteiger partial charge in [0.25, 0.3) is 0 Å². The zero-order valence-corrected chi connectivity index (χ0v) is 5.60. The molecule has 1 aromatic rings. The van der Waals surface area contributed by atoms with Crippen LogP contribution in [0.2, 0.25) is 0 Å². The second kappa shape index (κ2) is 2.05. The quantitative estimate of drug-likeness (QED) is 0.557. The van der Waals surface area contributed by atoms with Gasteiger partial charge in [-0.1, -0.05) is 0 Å². The fourth-order valence-electron chi connectivity index (χ4n) is 0.592. The maximum Gasteiger partial charge on any atom is 0.114 e. The first kappa shape index (κ1) is 6.08. The molecule has 1 radical (unpaired) electrons. The van der Waals surface area contributed by atoms with E-state index < -0.39 is 0 Å². The minimum absolute atomic E-state index is 0.648. The van der Waals surface area contributed by atoms with E-state index in [1.54, 1.807) is 6.20 Å². The molecule has 0 saturated heterocycles. The minimum atomic E-state index is 0.648. The van der Waals surface area contributed by atoms with Crippen LogP contribution in [0.15, 0.2) is 6.20 Å². The molecule has 1 rings (SSSR count). The molecule has 0 aromatic carbocycles. The van der Waals surface area contributed by atoms with Gasteiger partial charge in [-0.05, 0) is 25.0 Å². The van der Waals surface area contributed by atoms with Gasteiger partial charge in [-0.2, -0.15) is 0 Å². The van der Waals surface area contributed by atoms with E-state index in [0.717, 1.165) is 11.1 Å². The summed E-state index contributed by atoms with van der Waals surface area (Å²) >= 11 is 0. The molecule has 0 amide bonds. The van der Waals surface area contributed by atoms with Crippen molar-refractivity contribution in [3.8, 4) is 0 Å². The lowest BCUT2D eigenvalue weighted by Crippen LogP contribution is -1.93. The molecule has 1 heterocycles. The van der Waals surface area contributed by atoms with Crippen LogP contribution in [0.4, 0.5) is 5.69 Å². The zero-order chi connectivity index (χ0) is 6.85. The normalized spacial score (nSPS) is 9.56. The Balaban J connectivity index is 3.25. The van der Waals surface area contributed by atoms with Crippen LogP contribution in [-0.2, 0) is 0 Å². The number of nitrogen functional groups attached to an aromatic ring is 1. The minimum Gasteiger partial charge on any atom is -0.397 e. The van der Waals surface area contributed by atoms with Crippen LogP contribution in [-0.4, -0.2) is 4.98 Å². The van der Waals surface area contributed by atoms with E-state index in [1.165, 1.54) is 0 Å². The van der Waals surface area contributed by atoms with E-state index in [0.29, 0.717) is 5.69 Å². The van der Waals surface area contributed by atoms with E-state index in [-0.39, 0.29) is 0 Å². The summed E-state index contributed by atoms with van der Waals surface area (Å²) in [5, 5.41) is 0. The molecule has 2 N–H and O–H groups in total. The summed E-state index contributed by atoms with van der Waals surface area (Å²) in [4.78, 5) is 3.79. The fraction of sp³-hybridized carbons (Fsp3) is 0.286. The molecule has 0 fully saturated rings. The first-order valence-corrected chi connectivity index (χ1v) is 2.81. The number of aryl methyl sites for hydroxylation is 1. The van der Waals surface area contributed by atoms with Gasteiger partial charge in [0.2, 0.25) is 0 Å². The predicted octanol–water partition coefficient (Wildman–Crippen LogP) is 1.08. The molecule has 0 unspecified atom stereocenters. The van der Waals surface area contributed by atoms with Crippen LogP contribution in [0.5, 0.6) is 0 Å². The summed E-state index contributed by atoms with van der Waals surface area (Å²) < 4.78 is 0. The van der Waals surface area contributed by atoms with E-state index in [4.69, 9.17) is 5.73 Å². The van der Waals surface area contributed by atoms with Gasteiger partial charge in [0.05, 0.1) is 5.69 Å². The van der Waals surface area contributed by atoms with Crippen molar-refractivity contribution in [2.24, 2.45) is 0 Å². The topological polar surface area (TPSA) is 38.9 Å². The highest BCUT2D eigenvalue weighted by molar-refractivity contribution is 5.45. The van der Waals surface area contributed by atoms with Gasteiger partial charge in [-0.25, -0.2) is 0 Å². The molecule has 0 atom stereocenters. The van der Waals surface area contributed by atoms with Crippen LogP contribution < -0.4 is 5.73 Å². The lowest BCUT2D eigenvalue weighted by atomic mass is 10.2. The highest BCUT2D eigenvalue weighted by Crippen LogP contribution is 2.10. The summed E-state index contributed by atoms with van der Waals surface area (Å²) in [6.07, 6.45) is 4.42. The number of nitrogens with two attached hydrogens (primary N) is 1. The predicted molar refractivity (Wildman–Crippen MR) is 37.0 cm³/mol. The Labute approximate surface area is 54.7 Å². The molecule has 1 aromatic heterocycles. The maximum atomic E-state index is 5.50. The van der Waals surface area contributed by atoms with Gasteiger partial charge in [0, 0.05) is 6.20 Å². The van der Waals surface area contributed by atoms with Crippen molar-refractivity contribution in [1.82, 2.24) is 4.98 Å². The largest absolute Gasteiger partial charge is 0.397 e. The van der Waals surface area contributed by atoms with Crippen molar-refractivity contribution in [3.63, 3.8) is 0 Å². The first-order chi connectivity index (χ1) is 4.22. The Morgan fingerprint density at radius 1 is 1.56 bits per heavy atom. The van der Waals surface area contributed by atoms with E-state index in [1.807, 2.05) is 13.8 Å². The molecule has 9 heavy (non-hydrogen) atoms. The molecular formula is C7H9N2. The second-order valence-corrected chi connectivity index (χ2v) is 2.09. The summed E-state index contributed by atoms with van der Waals surface area (Å²) in [6, 6.07) is 0. The highest BCUT2D eigenvalue weighted by atomic mass is 14.7. The Bertz CT molecular complexity index is 198. The molecule has 0 aliphatic carbocycles. The average molecular weight is 121 g/mol. The summed E-state index contributed by atoms with van der Waals surface area (Å²) in [6.45, 7) is 3.94. The molecular weight excluding hydrogens is 112 g/mol. The molecule has 47 valence electrons. The Morgan fingerprint density at radius 3 is 2.67 bits per heavy atom. The second-order valence-electron chi connectivity index (χ2n) is 2.09. The van der Waals surface area contributed by atoms with Gasteiger partial charge in [-0.15, -0.1) is 0 Å². The molecule has 0 spiro atoms. The van der Waals surface area contributed by atoms with Gasteiger partial charge in [0.1, 0.15) is 6.20 Å². The molecule has 0 aliphatic rings. The molecule has 2 heteroatoms. The lowest BCUT2D eigenvalue weighted by molar-refractivity contribution is 1.21. The van der Waals surface area contributed by atoms with Crippen molar-refractivity contribution in [2.45, 2.75) is 13.8 Å². The smallest absolute Gasteiger partial charge is 0.114 e. The number of aromatic nitrogens is 1. The Kier molecular flexibility index (Phi) is 1.39. The van der Waals surface area contributed by atoms with Gasteiger partial charge < -0.3 is 5.73 Å². The highest BCUT2D eigenvalue weighted by Gasteiger charge is 1.94. The van der Waals surface area contributed by atoms with E-state index in [2.05, 4.69) is 11.2 Å². The number of hydrogen-bond acceptors (Lipinski definition) is 2. The van der Waals surface area contributed by atoms with Crippen molar-refractivity contribution in [3.05, 3.63) is 23.5 Å². The number of anilines is 1. The summed E-state index contributed by atoms with van der Waals surface area (Å²) in [7, 11) is 0. The van der Waals surface area contributed by atoms with E-state index >= 15 is 0 Å². The zero-order valence-electron chi connectivity index (χ0n) is 5.60. The van der Waals surface area contributed by atoms with Crippen LogP contribution in [0.3, 0.4) is 0 Å². The molecule has 0 saturated carbocycles. The molecule has 2 nitrogen and oxygen atoms in total. The van der Waals surface area contributed by atoms with E-state index in [9.17, 15) is 0 Å². The van der Waals surface area contributed by atoms with Crippen molar-refractivity contribution in [2.75, 3.05) is 5.73 Å². The number of rotatable bonds is 0. The first-order valence-electron chi connectivity index (χ1n) is 2.81. The molecule has 0 bridgehead atoms. The Hall–Kier alpha value is -1.05. The third kappa shape index (κ3) is 1.02. The van der Waals surface area contributed by atoms with Crippen molar-refractivity contribution < 1.29 is 0 Å². The van der Waals surface area contributed by atoms with Crippen molar-refractivity contribution >= 4 is 5.69 Å². The van der Waals surface area contributed by atoms with Gasteiger partial charge in [-0.3, -0.25) is 4.98 Å². The van der Waals surface area contributed by atoms with Gasteiger partial charge in [0.15, 0.2) is 0 Å². The van der Waals surface area contributed by atoms with Crippen LogP contribution in [0, 0.1) is 20.0 Å². The van der Waals surface area contributed by atoms with Crippen LogP contribution >= 0.6 is 0 Å². The Morgan fingerprint density at radius 2 is 2.22 bits per heavy atom. The molecule has 0 aliphatic heterocycles. The summed E-state index contributed by atoms with van der Waals surface area (Å²) in [5.41, 5.74) is 8.34. The fourth-order valence-corrected chi connectivity index (χ4v) is 0.592. The standard InChI is InChI=1S/C7H9N2/c1-5-3-9-4-7(8)6(5)2/h3H,8H2,1-2H3. The SMILES string of the molecule is Cc1cn[c]c(N)c1C. The third-order valence-electron chi connectivity index (χ3n) is 1.44. The van der Waals surface area contributed by atoms with Crippen LogP contribution in [0.25, 0.3) is 0 Å². The summed E-state index contributed by atoms with van der Waals surface area (Å²) in [5.74, 6) is 0. The van der Waals surface area contributed by atoms with Gasteiger partial charge >= 0.3 is 0 Å². The third-order valence-corrected chi connectivity index (χ3v) is 1.44.